The second-order valence-electron chi connectivity index (χ2n) is 9.13. The fourth-order valence-electron chi connectivity index (χ4n) is 5.16. The van der Waals surface area contributed by atoms with Crippen molar-refractivity contribution in [1.82, 2.24) is 10.6 Å². The first kappa shape index (κ1) is 24.7. The number of carbonyl (C=O) groups excluding carboxylic acids is 2. The lowest BCUT2D eigenvalue weighted by Gasteiger charge is -2.25. The van der Waals surface area contributed by atoms with Gasteiger partial charge in [-0.15, -0.1) is 0 Å². The molecular formula is C27H32N2O6. The van der Waals surface area contributed by atoms with Crippen LogP contribution in [-0.2, 0) is 19.1 Å². The largest absolute Gasteiger partial charge is 0.481 e. The number of nitrogens with one attached hydrogen (secondary N) is 2. The summed E-state index contributed by atoms with van der Waals surface area (Å²) in [7, 11) is 1.38. The highest BCUT2D eigenvalue weighted by Gasteiger charge is 2.33. The Labute approximate surface area is 205 Å². The molecule has 2 amide bonds. The normalized spacial score (nSPS) is 20.1. The van der Waals surface area contributed by atoms with Gasteiger partial charge in [-0.25, -0.2) is 4.79 Å². The standard InChI is InChI=1S/C27H32N2O6/c1-34-24(25(30)29-23-14-4-2-3-13-21(23)26(31)32)15-28-27(33)35-16-22-19-11-7-5-9-17(19)18-10-6-8-12-20(18)22/h5-12,21-24H,2-4,13-16H2,1H3,(H,28,33)(H,29,30)(H,31,32)/t21-,23+,24?/m1/s1. The van der Waals surface area contributed by atoms with Crippen molar-refractivity contribution < 1.29 is 29.0 Å². The molecule has 3 atom stereocenters. The summed E-state index contributed by atoms with van der Waals surface area (Å²) in [5.41, 5.74) is 4.52. The Bertz CT molecular complexity index is 1030. The van der Waals surface area contributed by atoms with Gasteiger partial charge in [0.15, 0.2) is 6.10 Å². The Morgan fingerprint density at radius 2 is 1.60 bits per heavy atom. The number of hydrogen-bond donors (Lipinski definition) is 3. The molecule has 186 valence electrons. The lowest BCUT2D eigenvalue weighted by Crippen LogP contribution is -2.50. The maximum Gasteiger partial charge on any atom is 0.407 e. The average molecular weight is 481 g/mol. The second-order valence-corrected chi connectivity index (χ2v) is 9.13. The number of benzene rings is 2. The van der Waals surface area contributed by atoms with E-state index in [4.69, 9.17) is 9.47 Å². The number of amides is 2. The second kappa shape index (κ2) is 11.4. The van der Waals surface area contributed by atoms with Gasteiger partial charge in [-0.1, -0.05) is 67.8 Å². The molecular weight excluding hydrogens is 448 g/mol. The van der Waals surface area contributed by atoms with Crippen LogP contribution < -0.4 is 10.6 Å². The number of fused-ring (bicyclic) bond motifs is 3. The van der Waals surface area contributed by atoms with Crippen molar-refractivity contribution in [2.45, 2.75) is 50.2 Å². The molecule has 3 N–H and O–H groups in total. The van der Waals surface area contributed by atoms with Gasteiger partial charge in [-0.2, -0.15) is 0 Å². The van der Waals surface area contributed by atoms with Crippen LogP contribution in [0.15, 0.2) is 48.5 Å². The number of hydrogen-bond acceptors (Lipinski definition) is 5. The number of aliphatic carboxylic acids is 1. The van der Waals surface area contributed by atoms with E-state index in [0.29, 0.717) is 12.8 Å². The summed E-state index contributed by atoms with van der Waals surface area (Å²) in [4.78, 5) is 36.8. The lowest BCUT2D eigenvalue weighted by atomic mass is 9.94. The SMILES string of the molecule is COC(CNC(=O)OCC1c2ccccc2-c2ccccc21)C(=O)N[C@H]1CCCCC[C@H]1C(=O)O. The minimum atomic E-state index is -0.951. The third-order valence-electron chi connectivity index (χ3n) is 7.01. The molecule has 1 unspecified atom stereocenters. The topological polar surface area (TPSA) is 114 Å². The van der Waals surface area contributed by atoms with Gasteiger partial charge in [0, 0.05) is 19.1 Å². The summed E-state index contributed by atoms with van der Waals surface area (Å²) in [6.45, 7) is 0.0928. The van der Waals surface area contributed by atoms with E-state index >= 15 is 0 Å². The van der Waals surface area contributed by atoms with E-state index in [-0.39, 0.29) is 19.1 Å². The van der Waals surface area contributed by atoms with E-state index in [9.17, 15) is 19.5 Å². The smallest absolute Gasteiger partial charge is 0.407 e. The van der Waals surface area contributed by atoms with Gasteiger partial charge in [0.05, 0.1) is 12.5 Å². The van der Waals surface area contributed by atoms with Gasteiger partial charge in [-0.05, 0) is 35.1 Å². The Morgan fingerprint density at radius 1 is 0.971 bits per heavy atom. The fraction of sp³-hybridized carbons (Fsp3) is 0.444. The first-order valence-electron chi connectivity index (χ1n) is 12.1. The summed E-state index contributed by atoms with van der Waals surface area (Å²) in [6, 6.07) is 15.7. The molecule has 1 fully saturated rings. The minimum Gasteiger partial charge on any atom is -0.481 e. The maximum absolute atomic E-state index is 12.8. The third-order valence-corrected chi connectivity index (χ3v) is 7.01. The van der Waals surface area contributed by atoms with E-state index in [1.54, 1.807) is 0 Å². The Morgan fingerprint density at radius 3 is 2.23 bits per heavy atom. The summed E-state index contributed by atoms with van der Waals surface area (Å²) < 4.78 is 10.8. The van der Waals surface area contributed by atoms with Gasteiger partial charge in [0.2, 0.25) is 0 Å². The lowest BCUT2D eigenvalue weighted by molar-refractivity contribution is -0.143. The van der Waals surface area contributed by atoms with E-state index in [2.05, 4.69) is 22.8 Å². The molecule has 0 radical (unpaired) electrons. The van der Waals surface area contributed by atoms with Crippen LogP contribution in [0.4, 0.5) is 4.79 Å². The molecule has 2 aliphatic carbocycles. The van der Waals surface area contributed by atoms with Gasteiger partial charge in [0.25, 0.3) is 5.91 Å². The number of carboxylic acids is 1. The van der Waals surface area contributed by atoms with Crippen molar-refractivity contribution in [1.29, 1.82) is 0 Å². The van der Waals surface area contributed by atoms with Gasteiger partial charge in [-0.3, -0.25) is 9.59 Å². The molecule has 0 aromatic heterocycles. The van der Waals surface area contributed by atoms with Gasteiger partial charge in [0.1, 0.15) is 6.61 Å². The molecule has 2 aromatic carbocycles. The van der Waals surface area contributed by atoms with Crippen molar-refractivity contribution in [3.05, 3.63) is 59.7 Å². The highest BCUT2D eigenvalue weighted by atomic mass is 16.5. The molecule has 0 bridgehead atoms. The first-order chi connectivity index (χ1) is 17.0. The summed E-state index contributed by atoms with van der Waals surface area (Å²) in [5.74, 6) is -2.01. The van der Waals surface area contributed by atoms with Crippen LogP contribution >= 0.6 is 0 Å². The number of ether oxygens (including phenoxy) is 2. The van der Waals surface area contributed by atoms with Gasteiger partial charge >= 0.3 is 12.1 Å². The first-order valence-corrected chi connectivity index (χ1v) is 12.1. The minimum absolute atomic E-state index is 0.0575. The van der Waals surface area contributed by atoms with Crippen molar-refractivity contribution in [3.63, 3.8) is 0 Å². The zero-order valence-corrected chi connectivity index (χ0v) is 19.9. The summed E-state index contributed by atoms with van der Waals surface area (Å²) in [6.07, 6.45) is 2.21. The van der Waals surface area contributed by atoms with Crippen LogP contribution in [0.1, 0.15) is 49.1 Å². The highest BCUT2D eigenvalue weighted by Crippen LogP contribution is 2.44. The molecule has 0 heterocycles. The quantitative estimate of drug-likeness (QED) is 0.497. The molecule has 0 saturated heterocycles. The number of carboxylic acid groups (broad SMARTS) is 1. The van der Waals surface area contributed by atoms with Crippen LogP contribution in [0.2, 0.25) is 0 Å². The molecule has 8 nitrogen and oxygen atoms in total. The summed E-state index contributed by atoms with van der Waals surface area (Å²) >= 11 is 0. The molecule has 0 spiro atoms. The zero-order valence-electron chi connectivity index (χ0n) is 19.9. The monoisotopic (exact) mass is 480 g/mol. The summed E-state index contributed by atoms with van der Waals surface area (Å²) in [5, 5.41) is 15.0. The van der Waals surface area contributed by atoms with Crippen LogP contribution in [0.25, 0.3) is 11.1 Å². The van der Waals surface area contributed by atoms with Crippen molar-refractivity contribution in [2.75, 3.05) is 20.3 Å². The van der Waals surface area contributed by atoms with Crippen LogP contribution in [0.3, 0.4) is 0 Å². The van der Waals surface area contributed by atoms with Crippen molar-refractivity contribution in [2.24, 2.45) is 5.92 Å². The molecule has 8 heteroatoms. The zero-order chi connectivity index (χ0) is 24.8. The van der Waals surface area contributed by atoms with Crippen LogP contribution in [-0.4, -0.2) is 55.5 Å². The molecule has 2 aromatic rings. The average Bonchev–Trinajstić information content (AvgIpc) is 2.99. The van der Waals surface area contributed by atoms with Crippen LogP contribution in [0, 0.1) is 5.92 Å². The Kier molecular flexibility index (Phi) is 8.02. The van der Waals surface area contributed by atoms with Crippen molar-refractivity contribution >= 4 is 18.0 Å². The van der Waals surface area contributed by atoms with E-state index in [0.717, 1.165) is 41.5 Å². The van der Waals surface area contributed by atoms with Crippen LogP contribution in [0.5, 0.6) is 0 Å². The predicted molar refractivity (Wildman–Crippen MR) is 130 cm³/mol. The maximum atomic E-state index is 12.8. The molecule has 2 aliphatic rings. The third kappa shape index (κ3) is 5.65. The predicted octanol–water partition coefficient (Wildman–Crippen LogP) is 3.69. The number of carbonyl (C=O) groups is 3. The number of rotatable bonds is 8. The van der Waals surface area contributed by atoms with Gasteiger partial charge < -0.3 is 25.2 Å². The molecule has 4 rings (SSSR count). The van der Waals surface area contributed by atoms with Crippen molar-refractivity contribution in [3.8, 4) is 11.1 Å². The Balaban J connectivity index is 1.31. The van der Waals surface area contributed by atoms with E-state index in [1.165, 1.54) is 7.11 Å². The number of methoxy groups -OCH3 is 1. The van der Waals surface area contributed by atoms with E-state index < -0.39 is 36.0 Å². The Hall–Kier alpha value is -3.39. The van der Waals surface area contributed by atoms with E-state index in [1.807, 2.05) is 36.4 Å². The molecule has 35 heavy (non-hydrogen) atoms. The molecule has 1 saturated carbocycles. The fourth-order valence-corrected chi connectivity index (χ4v) is 5.16. The highest BCUT2D eigenvalue weighted by molar-refractivity contribution is 5.83. The number of alkyl carbamates (subject to hydrolysis) is 1. The molecule has 0 aliphatic heterocycles.